The zero-order valence-electron chi connectivity index (χ0n) is 9.20. The van der Waals surface area contributed by atoms with Crippen LogP contribution in [0.4, 0.5) is 0 Å². The molecule has 2 unspecified atom stereocenters. The van der Waals surface area contributed by atoms with Gasteiger partial charge in [-0.15, -0.1) is 0 Å². The molecule has 2 aliphatic heterocycles. The standard InChI is InChI=1S/C11H20N2O/c1-3-11(14)13-9-4-5-10(13)8-12(2)7-6-9/h9-10H,3-8H2,1-2H3. The minimum absolute atomic E-state index is 0.354. The van der Waals surface area contributed by atoms with Gasteiger partial charge in [0.25, 0.3) is 0 Å². The normalized spacial score (nSPS) is 33.1. The van der Waals surface area contributed by atoms with Gasteiger partial charge in [-0.05, 0) is 32.9 Å². The summed E-state index contributed by atoms with van der Waals surface area (Å²) >= 11 is 0. The summed E-state index contributed by atoms with van der Waals surface area (Å²) in [5.74, 6) is 0.354. The van der Waals surface area contributed by atoms with Crippen molar-refractivity contribution in [3.05, 3.63) is 0 Å². The van der Waals surface area contributed by atoms with Crippen molar-refractivity contribution in [2.45, 2.75) is 44.7 Å². The maximum atomic E-state index is 11.8. The molecule has 2 rings (SSSR count). The van der Waals surface area contributed by atoms with Crippen molar-refractivity contribution in [3.63, 3.8) is 0 Å². The molecule has 0 spiro atoms. The van der Waals surface area contributed by atoms with E-state index in [2.05, 4.69) is 16.8 Å². The fourth-order valence-electron chi connectivity index (χ4n) is 2.83. The second-order valence-electron chi connectivity index (χ2n) is 4.59. The summed E-state index contributed by atoms with van der Waals surface area (Å²) in [6.07, 6.45) is 4.26. The first-order chi connectivity index (χ1) is 6.72. The minimum atomic E-state index is 0.354. The first-order valence-corrected chi connectivity index (χ1v) is 5.72. The lowest BCUT2D eigenvalue weighted by Crippen LogP contribution is -2.42. The zero-order valence-corrected chi connectivity index (χ0v) is 9.20. The quantitative estimate of drug-likeness (QED) is 0.627. The van der Waals surface area contributed by atoms with Gasteiger partial charge in [0.2, 0.25) is 5.91 Å². The van der Waals surface area contributed by atoms with E-state index in [-0.39, 0.29) is 0 Å². The van der Waals surface area contributed by atoms with Crippen molar-refractivity contribution in [3.8, 4) is 0 Å². The highest BCUT2D eigenvalue weighted by molar-refractivity contribution is 5.77. The van der Waals surface area contributed by atoms with E-state index < -0.39 is 0 Å². The molecule has 2 fully saturated rings. The Morgan fingerprint density at radius 3 is 2.71 bits per heavy atom. The van der Waals surface area contributed by atoms with E-state index in [4.69, 9.17) is 0 Å². The Morgan fingerprint density at radius 2 is 2.00 bits per heavy atom. The molecule has 0 aromatic carbocycles. The van der Waals surface area contributed by atoms with Crippen molar-refractivity contribution in [2.24, 2.45) is 0 Å². The molecule has 0 aromatic rings. The smallest absolute Gasteiger partial charge is 0.222 e. The van der Waals surface area contributed by atoms with Crippen molar-refractivity contribution in [1.82, 2.24) is 9.80 Å². The second-order valence-corrected chi connectivity index (χ2v) is 4.59. The van der Waals surface area contributed by atoms with Crippen molar-refractivity contribution in [2.75, 3.05) is 20.1 Å². The Balaban J connectivity index is 2.12. The predicted molar refractivity (Wildman–Crippen MR) is 56.1 cm³/mol. The fourth-order valence-corrected chi connectivity index (χ4v) is 2.83. The zero-order chi connectivity index (χ0) is 10.1. The third-order valence-electron chi connectivity index (χ3n) is 3.58. The van der Waals surface area contributed by atoms with E-state index in [0.717, 1.165) is 13.1 Å². The number of fused-ring (bicyclic) bond motifs is 2. The number of carbonyl (C=O) groups excluding carboxylic acids is 1. The predicted octanol–water partition coefficient (Wildman–Crippen LogP) is 1.09. The Hall–Kier alpha value is -0.570. The molecule has 1 amide bonds. The summed E-state index contributed by atoms with van der Waals surface area (Å²) < 4.78 is 0. The van der Waals surface area contributed by atoms with Crippen LogP contribution >= 0.6 is 0 Å². The molecule has 0 radical (unpaired) electrons. The second kappa shape index (κ2) is 3.89. The molecule has 80 valence electrons. The third-order valence-corrected chi connectivity index (χ3v) is 3.58. The fraction of sp³-hybridized carbons (Fsp3) is 0.909. The number of amides is 1. The highest BCUT2D eigenvalue weighted by Gasteiger charge is 2.38. The van der Waals surface area contributed by atoms with Crippen LogP contribution in [0.1, 0.15) is 32.6 Å². The van der Waals surface area contributed by atoms with Crippen LogP contribution in [-0.2, 0) is 4.79 Å². The summed E-state index contributed by atoms with van der Waals surface area (Å²) in [4.78, 5) is 16.3. The molecule has 0 aliphatic carbocycles. The lowest BCUT2D eigenvalue weighted by atomic mass is 10.1. The minimum Gasteiger partial charge on any atom is -0.335 e. The number of carbonyl (C=O) groups is 1. The van der Waals surface area contributed by atoms with E-state index in [9.17, 15) is 4.79 Å². The molecule has 2 saturated heterocycles. The highest BCUT2D eigenvalue weighted by Crippen LogP contribution is 2.30. The summed E-state index contributed by atoms with van der Waals surface area (Å²) in [5.41, 5.74) is 0. The van der Waals surface area contributed by atoms with Gasteiger partial charge in [0.15, 0.2) is 0 Å². The Morgan fingerprint density at radius 1 is 1.29 bits per heavy atom. The van der Waals surface area contributed by atoms with E-state index in [1.165, 1.54) is 19.3 Å². The lowest BCUT2D eigenvalue weighted by Gasteiger charge is -2.28. The first kappa shape index (κ1) is 9.97. The summed E-state index contributed by atoms with van der Waals surface area (Å²) in [6.45, 7) is 4.19. The molecule has 0 aromatic heterocycles. The Labute approximate surface area is 86.1 Å². The molecule has 2 aliphatic rings. The Kier molecular flexibility index (Phi) is 2.77. The molecular weight excluding hydrogens is 176 g/mol. The summed E-state index contributed by atoms with van der Waals surface area (Å²) in [6, 6.07) is 1.04. The van der Waals surface area contributed by atoms with Gasteiger partial charge < -0.3 is 9.80 Å². The SMILES string of the molecule is CCC(=O)N1C2CCC1CN(C)CC2. The molecule has 2 heterocycles. The van der Waals surface area contributed by atoms with Crippen LogP contribution in [0.3, 0.4) is 0 Å². The van der Waals surface area contributed by atoms with Crippen molar-refractivity contribution in [1.29, 1.82) is 0 Å². The van der Waals surface area contributed by atoms with E-state index in [1.54, 1.807) is 0 Å². The number of likely N-dealkylation sites (tertiary alicyclic amines) is 1. The summed E-state index contributed by atoms with van der Waals surface area (Å²) in [5, 5.41) is 0. The average molecular weight is 196 g/mol. The summed E-state index contributed by atoms with van der Waals surface area (Å²) in [7, 11) is 2.16. The van der Waals surface area contributed by atoms with E-state index in [0.29, 0.717) is 24.4 Å². The number of likely N-dealkylation sites (N-methyl/N-ethyl adjacent to an activating group) is 1. The molecule has 0 N–H and O–H groups in total. The van der Waals surface area contributed by atoms with E-state index in [1.807, 2.05) is 6.92 Å². The maximum absolute atomic E-state index is 11.8. The van der Waals surface area contributed by atoms with Gasteiger partial charge in [-0.25, -0.2) is 0 Å². The number of rotatable bonds is 1. The highest BCUT2D eigenvalue weighted by atomic mass is 16.2. The number of nitrogens with zero attached hydrogens (tertiary/aromatic N) is 2. The molecule has 2 atom stereocenters. The third kappa shape index (κ3) is 1.65. The molecule has 0 saturated carbocycles. The molecule has 14 heavy (non-hydrogen) atoms. The Bertz CT molecular complexity index is 229. The van der Waals surface area contributed by atoms with Gasteiger partial charge in [-0.1, -0.05) is 6.92 Å². The van der Waals surface area contributed by atoms with E-state index >= 15 is 0 Å². The number of hydrogen-bond donors (Lipinski definition) is 0. The van der Waals surface area contributed by atoms with Crippen LogP contribution in [0.5, 0.6) is 0 Å². The van der Waals surface area contributed by atoms with Crippen LogP contribution in [0, 0.1) is 0 Å². The number of hydrogen-bond acceptors (Lipinski definition) is 2. The molecule has 2 bridgehead atoms. The molecular formula is C11H20N2O. The monoisotopic (exact) mass is 196 g/mol. The largest absolute Gasteiger partial charge is 0.335 e. The van der Waals surface area contributed by atoms with Gasteiger partial charge in [0.05, 0.1) is 0 Å². The molecule has 3 nitrogen and oxygen atoms in total. The lowest BCUT2D eigenvalue weighted by molar-refractivity contribution is -0.133. The molecule has 3 heteroatoms. The van der Waals surface area contributed by atoms with Crippen LogP contribution in [0.2, 0.25) is 0 Å². The van der Waals surface area contributed by atoms with Crippen molar-refractivity contribution >= 4 is 5.91 Å². The van der Waals surface area contributed by atoms with Crippen LogP contribution in [0.15, 0.2) is 0 Å². The topological polar surface area (TPSA) is 23.6 Å². The van der Waals surface area contributed by atoms with Crippen LogP contribution in [-0.4, -0.2) is 47.9 Å². The van der Waals surface area contributed by atoms with Crippen LogP contribution in [0.25, 0.3) is 0 Å². The van der Waals surface area contributed by atoms with Gasteiger partial charge in [-0.2, -0.15) is 0 Å². The average Bonchev–Trinajstić information content (AvgIpc) is 2.47. The van der Waals surface area contributed by atoms with Gasteiger partial charge >= 0.3 is 0 Å². The van der Waals surface area contributed by atoms with Gasteiger partial charge in [-0.3, -0.25) is 4.79 Å². The van der Waals surface area contributed by atoms with Gasteiger partial charge in [0, 0.05) is 25.0 Å². The first-order valence-electron chi connectivity index (χ1n) is 5.72. The van der Waals surface area contributed by atoms with Crippen molar-refractivity contribution < 1.29 is 4.79 Å². The maximum Gasteiger partial charge on any atom is 0.222 e. The van der Waals surface area contributed by atoms with Crippen LogP contribution < -0.4 is 0 Å². The van der Waals surface area contributed by atoms with Gasteiger partial charge in [0.1, 0.15) is 0 Å².